The Morgan fingerprint density at radius 3 is 2.55 bits per heavy atom. The molecule has 4 rings (SSSR count). The first-order valence-electron chi connectivity index (χ1n) is 9.80. The summed E-state index contributed by atoms with van der Waals surface area (Å²) in [6.07, 6.45) is 1.63. The number of carbonyl (C=O) groups excluding carboxylic acids is 1. The molecular formula is C23H21N3O5. The van der Waals surface area contributed by atoms with Crippen molar-refractivity contribution in [2.45, 2.75) is 13.1 Å². The molecule has 2 aromatic heterocycles. The smallest absolute Gasteiger partial charge is 0.420 e. The number of rotatable bonds is 9. The third kappa shape index (κ3) is 5.30. The van der Waals surface area contributed by atoms with E-state index in [1.807, 2.05) is 36.4 Å². The zero-order valence-corrected chi connectivity index (χ0v) is 16.7. The molecule has 0 aliphatic carbocycles. The lowest BCUT2D eigenvalue weighted by Crippen LogP contribution is -2.30. The summed E-state index contributed by atoms with van der Waals surface area (Å²) in [5.74, 6) is 0.404. The number of carbonyl (C=O) groups is 1. The largest absolute Gasteiger partial charge is 0.490 e. The van der Waals surface area contributed by atoms with Crippen LogP contribution < -0.4 is 20.5 Å². The number of amides is 1. The fourth-order valence-corrected chi connectivity index (χ4v) is 2.99. The summed E-state index contributed by atoms with van der Waals surface area (Å²) >= 11 is 0. The molecule has 0 aliphatic rings. The number of fused-ring (bicyclic) bond motifs is 1. The van der Waals surface area contributed by atoms with Gasteiger partial charge in [-0.15, -0.1) is 0 Å². The number of hydrogen-bond acceptors (Lipinski definition) is 6. The van der Waals surface area contributed by atoms with E-state index in [1.54, 1.807) is 36.5 Å². The second-order valence-electron chi connectivity index (χ2n) is 6.71. The first-order valence-corrected chi connectivity index (χ1v) is 9.80. The van der Waals surface area contributed by atoms with Crippen molar-refractivity contribution in [2.75, 3.05) is 13.2 Å². The van der Waals surface area contributed by atoms with Crippen molar-refractivity contribution in [3.8, 4) is 11.6 Å². The number of pyridine rings is 1. The zero-order valence-electron chi connectivity index (χ0n) is 16.7. The molecule has 0 atom stereocenters. The number of benzene rings is 2. The van der Waals surface area contributed by atoms with Gasteiger partial charge in [0.1, 0.15) is 25.5 Å². The monoisotopic (exact) mass is 419 g/mol. The van der Waals surface area contributed by atoms with Gasteiger partial charge in [0.05, 0.1) is 5.52 Å². The van der Waals surface area contributed by atoms with E-state index in [4.69, 9.17) is 13.9 Å². The summed E-state index contributed by atoms with van der Waals surface area (Å²) in [7, 11) is 0. The van der Waals surface area contributed by atoms with Crippen LogP contribution in [0, 0.1) is 0 Å². The van der Waals surface area contributed by atoms with E-state index >= 15 is 0 Å². The minimum Gasteiger partial charge on any atom is -0.490 e. The van der Waals surface area contributed by atoms with Crippen LogP contribution in [0.2, 0.25) is 0 Å². The molecule has 0 unspecified atom stereocenters. The molecule has 1 N–H and O–H groups in total. The Kier molecular flexibility index (Phi) is 6.27. The second-order valence-corrected chi connectivity index (χ2v) is 6.71. The fraction of sp³-hybridized carbons (Fsp3) is 0.174. The van der Waals surface area contributed by atoms with Crippen molar-refractivity contribution < 1.29 is 18.7 Å². The summed E-state index contributed by atoms with van der Waals surface area (Å²) < 4.78 is 17.6. The van der Waals surface area contributed by atoms with Gasteiger partial charge < -0.3 is 19.2 Å². The van der Waals surface area contributed by atoms with Crippen molar-refractivity contribution in [1.29, 1.82) is 0 Å². The topological polar surface area (TPSA) is 95.6 Å². The van der Waals surface area contributed by atoms with E-state index < -0.39 is 5.76 Å². The summed E-state index contributed by atoms with van der Waals surface area (Å²) in [4.78, 5) is 28.5. The van der Waals surface area contributed by atoms with Crippen LogP contribution in [-0.4, -0.2) is 28.7 Å². The standard InChI is InChI=1S/C23H21N3O5/c27-21(16-26-19-8-4-5-9-20(19)31-23(26)28)24-14-17-10-11-22(25-15-17)30-13-12-29-18-6-2-1-3-7-18/h1-11,15H,12-14,16H2,(H,24,27). The average molecular weight is 419 g/mol. The molecule has 158 valence electrons. The van der Waals surface area contributed by atoms with Crippen LogP contribution >= 0.6 is 0 Å². The van der Waals surface area contributed by atoms with Gasteiger partial charge in [0.2, 0.25) is 11.8 Å². The van der Waals surface area contributed by atoms with Gasteiger partial charge in [-0.1, -0.05) is 36.4 Å². The minimum atomic E-state index is -0.559. The minimum absolute atomic E-state index is 0.119. The van der Waals surface area contributed by atoms with Gasteiger partial charge >= 0.3 is 5.76 Å². The Bertz CT molecular complexity index is 1200. The van der Waals surface area contributed by atoms with E-state index in [-0.39, 0.29) is 19.0 Å². The van der Waals surface area contributed by atoms with Crippen LogP contribution in [-0.2, 0) is 17.9 Å². The van der Waals surface area contributed by atoms with Crippen molar-refractivity contribution in [3.05, 3.63) is 89.0 Å². The molecule has 0 aliphatic heterocycles. The number of aromatic nitrogens is 2. The average Bonchev–Trinajstić information content (AvgIpc) is 3.12. The van der Waals surface area contributed by atoms with E-state index in [0.29, 0.717) is 30.2 Å². The molecule has 1 amide bonds. The Morgan fingerprint density at radius 1 is 0.968 bits per heavy atom. The number of nitrogens with zero attached hydrogens (tertiary/aromatic N) is 2. The molecule has 4 aromatic rings. The lowest BCUT2D eigenvalue weighted by molar-refractivity contribution is -0.121. The van der Waals surface area contributed by atoms with Crippen LogP contribution in [0.4, 0.5) is 0 Å². The van der Waals surface area contributed by atoms with Crippen LogP contribution in [0.1, 0.15) is 5.56 Å². The lowest BCUT2D eigenvalue weighted by Gasteiger charge is -2.09. The lowest BCUT2D eigenvalue weighted by atomic mass is 10.3. The second kappa shape index (κ2) is 9.62. The summed E-state index contributed by atoms with van der Waals surface area (Å²) in [6.45, 7) is 0.941. The van der Waals surface area contributed by atoms with Crippen molar-refractivity contribution in [1.82, 2.24) is 14.9 Å². The van der Waals surface area contributed by atoms with E-state index in [1.165, 1.54) is 4.57 Å². The predicted molar refractivity (Wildman–Crippen MR) is 114 cm³/mol. The molecule has 0 bridgehead atoms. The van der Waals surface area contributed by atoms with Crippen LogP contribution in [0.15, 0.2) is 82.1 Å². The molecule has 0 saturated carbocycles. The van der Waals surface area contributed by atoms with Gasteiger partial charge in [0.25, 0.3) is 0 Å². The number of nitrogens with one attached hydrogen (secondary N) is 1. The Balaban J connectivity index is 1.23. The highest BCUT2D eigenvalue weighted by molar-refractivity contribution is 5.79. The van der Waals surface area contributed by atoms with Crippen molar-refractivity contribution in [3.63, 3.8) is 0 Å². The molecular weight excluding hydrogens is 398 g/mol. The quantitative estimate of drug-likeness (QED) is 0.419. The van der Waals surface area contributed by atoms with Crippen LogP contribution in [0.5, 0.6) is 11.6 Å². The third-order valence-corrected chi connectivity index (χ3v) is 4.51. The highest BCUT2D eigenvalue weighted by Crippen LogP contribution is 2.12. The first-order chi connectivity index (χ1) is 15.2. The number of hydrogen-bond donors (Lipinski definition) is 1. The van der Waals surface area contributed by atoms with Gasteiger partial charge in [-0.25, -0.2) is 9.78 Å². The molecule has 8 nitrogen and oxygen atoms in total. The molecule has 31 heavy (non-hydrogen) atoms. The fourth-order valence-electron chi connectivity index (χ4n) is 2.99. The first kappa shape index (κ1) is 20.2. The van der Waals surface area contributed by atoms with Gasteiger partial charge in [-0.3, -0.25) is 9.36 Å². The Hall–Kier alpha value is -4.07. The summed E-state index contributed by atoms with van der Waals surface area (Å²) in [5.41, 5.74) is 1.85. The van der Waals surface area contributed by atoms with E-state index in [9.17, 15) is 9.59 Å². The molecule has 0 saturated heterocycles. The van der Waals surface area contributed by atoms with Gasteiger partial charge in [-0.2, -0.15) is 0 Å². The molecule has 0 spiro atoms. The molecule has 8 heteroatoms. The highest BCUT2D eigenvalue weighted by Gasteiger charge is 2.12. The summed E-state index contributed by atoms with van der Waals surface area (Å²) in [6, 6.07) is 20.0. The normalized spacial score (nSPS) is 10.7. The third-order valence-electron chi connectivity index (χ3n) is 4.51. The molecule has 0 fully saturated rings. The zero-order chi connectivity index (χ0) is 21.5. The number of ether oxygens (including phenoxy) is 2. The number of para-hydroxylation sites is 3. The Morgan fingerprint density at radius 2 is 1.74 bits per heavy atom. The maximum absolute atomic E-state index is 12.3. The molecule has 0 radical (unpaired) electrons. The Labute approximate surface area is 178 Å². The van der Waals surface area contributed by atoms with E-state index in [0.717, 1.165) is 11.3 Å². The maximum atomic E-state index is 12.3. The maximum Gasteiger partial charge on any atom is 0.420 e. The van der Waals surface area contributed by atoms with Crippen molar-refractivity contribution in [2.24, 2.45) is 0 Å². The SMILES string of the molecule is O=C(Cn1c(=O)oc2ccccc21)NCc1ccc(OCCOc2ccccc2)nc1. The van der Waals surface area contributed by atoms with Gasteiger partial charge in [0.15, 0.2) is 5.58 Å². The van der Waals surface area contributed by atoms with Gasteiger partial charge in [-0.05, 0) is 29.8 Å². The van der Waals surface area contributed by atoms with Gasteiger partial charge in [0, 0.05) is 18.8 Å². The highest BCUT2D eigenvalue weighted by atomic mass is 16.5. The van der Waals surface area contributed by atoms with Crippen LogP contribution in [0.25, 0.3) is 11.1 Å². The van der Waals surface area contributed by atoms with Crippen molar-refractivity contribution >= 4 is 17.0 Å². The molecule has 2 heterocycles. The molecule has 2 aromatic carbocycles. The van der Waals surface area contributed by atoms with Crippen LogP contribution in [0.3, 0.4) is 0 Å². The van der Waals surface area contributed by atoms with E-state index in [2.05, 4.69) is 10.3 Å². The summed E-state index contributed by atoms with van der Waals surface area (Å²) in [5, 5.41) is 2.78. The predicted octanol–water partition coefficient (Wildman–Crippen LogP) is 2.76. The number of oxazole rings is 1.